The summed E-state index contributed by atoms with van der Waals surface area (Å²) in [6.07, 6.45) is 6.30. The van der Waals surface area contributed by atoms with Crippen LogP contribution in [0, 0.1) is 11.3 Å². The number of allylic oxidation sites excluding steroid dienone is 1. The SMILES string of the molecule is C=C(CC#N)n1cc(-c2ncnc3c2CCN3)cn1. The molecule has 0 saturated carbocycles. The van der Waals surface area contributed by atoms with Gasteiger partial charge in [0.15, 0.2) is 0 Å². The fourth-order valence-corrected chi connectivity index (χ4v) is 2.15. The Morgan fingerprint density at radius 3 is 3.26 bits per heavy atom. The molecule has 3 heterocycles. The van der Waals surface area contributed by atoms with Crippen LogP contribution in [0.4, 0.5) is 5.82 Å². The number of hydrogen-bond acceptors (Lipinski definition) is 5. The van der Waals surface area contributed by atoms with Crippen molar-refractivity contribution in [1.82, 2.24) is 19.7 Å². The van der Waals surface area contributed by atoms with Gasteiger partial charge in [-0.05, 0) is 6.42 Å². The van der Waals surface area contributed by atoms with Gasteiger partial charge in [-0.2, -0.15) is 10.4 Å². The van der Waals surface area contributed by atoms with Gasteiger partial charge in [-0.15, -0.1) is 0 Å². The van der Waals surface area contributed by atoms with Gasteiger partial charge in [0, 0.05) is 29.6 Å². The Balaban J connectivity index is 1.98. The molecule has 1 N–H and O–H groups in total. The maximum atomic E-state index is 8.67. The number of hydrogen-bond donors (Lipinski definition) is 1. The molecule has 0 saturated heterocycles. The minimum Gasteiger partial charge on any atom is -0.369 e. The average molecular weight is 252 g/mol. The zero-order valence-electron chi connectivity index (χ0n) is 10.3. The Bertz CT molecular complexity index is 679. The van der Waals surface area contributed by atoms with Crippen LogP contribution in [-0.4, -0.2) is 26.3 Å². The van der Waals surface area contributed by atoms with Gasteiger partial charge in [-0.1, -0.05) is 6.58 Å². The first-order chi connectivity index (χ1) is 9.29. The van der Waals surface area contributed by atoms with E-state index in [-0.39, 0.29) is 6.42 Å². The molecule has 2 aromatic heterocycles. The number of aromatic nitrogens is 4. The maximum absolute atomic E-state index is 8.67. The quantitative estimate of drug-likeness (QED) is 0.899. The third-order valence-corrected chi connectivity index (χ3v) is 3.08. The Morgan fingerprint density at radius 1 is 1.53 bits per heavy atom. The van der Waals surface area contributed by atoms with Crippen molar-refractivity contribution < 1.29 is 0 Å². The summed E-state index contributed by atoms with van der Waals surface area (Å²) in [4.78, 5) is 8.55. The van der Waals surface area contributed by atoms with E-state index in [0.717, 1.165) is 35.6 Å². The van der Waals surface area contributed by atoms with Crippen molar-refractivity contribution in [3.05, 3.63) is 30.9 Å². The molecule has 2 aromatic rings. The maximum Gasteiger partial charge on any atom is 0.133 e. The number of nitriles is 1. The van der Waals surface area contributed by atoms with Gasteiger partial charge in [-0.25, -0.2) is 14.6 Å². The first kappa shape index (κ1) is 11.4. The number of fused-ring (bicyclic) bond motifs is 1. The van der Waals surface area contributed by atoms with Crippen molar-refractivity contribution in [2.24, 2.45) is 0 Å². The van der Waals surface area contributed by atoms with Crippen molar-refractivity contribution in [3.63, 3.8) is 0 Å². The van der Waals surface area contributed by atoms with E-state index in [1.165, 1.54) is 0 Å². The minimum atomic E-state index is 0.255. The van der Waals surface area contributed by atoms with Gasteiger partial charge in [0.1, 0.15) is 12.1 Å². The summed E-state index contributed by atoms with van der Waals surface area (Å²) < 4.78 is 1.62. The Morgan fingerprint density at radius 2 is 2.42 bits per heavy atom. The molecule has 0 aromatic carbocycles. The molecule has 6 nitrogen and oxygen atoms in total. The van der Waals surface area contributed by atoms with Crippen LogP contribution in [0.15, 0.2) is 25.3 Å². The average Bonchev–Trinajstić information content (AvgIpc) is 3.07. The van der Waals surface area contributed by atoms with Crippen LogP contribution in [0.5, 0.6) is 0 Å². The Kier molecular flexibility index (Phi) is 2.72. The minimum absolute atomic E-state index is 0.255. The monoisotopic (exact) mass is 252 g/mol. The summed E-state index contributed by atoms with van der Waals surface area (Å²) in [7, 11) is 0. The summed E-state index contributed by atoms with van der Waals surface area (Å²) in [6.45, 7) is 4.71. The molecule has 19 heavy (non-hydrogen) atoms. The molecular weight excluding hydrogens is 240 g/mol. The summed E-state index contributed by atoms with van der Waals surface area (Å²) in [5.41, 5.74) is 3.58. The highest BCUT2D eigenvalue weighted by Gasteiger charge is 2.18. The van der Waals surface area contributed by atoms with E-state index in [1.54, 1.807) is 17.2 Å². The van der Waals surface area contributed by atoms with E-state index >= 15 is 0 Å². The number of anilines is 1. The molecule has 1 aliphatic rings. The van der Waals surface area contributed by atoms with Gasteiger partial charge in [0.05, 0.1) is 24.4 Å². The van der Waals surface area contributed by atoms with Gasteiger partial charge in [-0.3, -0.25) is 0 Å². The van der Waals surface area contributed by atoms with E-state index in [9.17, 15) is 0 Å². The third kappa shape index (κ3) is 1.95. The van der Waals surface area contributed by atoms with Gasteiger partial charge in [0.25, 0.3) is 0 Å². The molecule has 0 aliphatic carbocycles. The highest BCUT2D eigenvalue weighted by Crippen LogP contribution is 2.29. The molecule has 3 rings (SSSR count). The fourth-order valence-electron chi connectivity index (χ4n) is 2.15. The topological polar surface area (TPSA) is 79.4 Å². The van der Waals surface area contributed by atoms with Gasteiger partial charge in [0.2, 0.25) is 0 Å². The second-order valence-corrected chi connectivity index (χ2v) is 4.30. The molecule has 1 aliphatic heterocycles. The van der Waals surface area contributed by atoms with Crippen LogP contribution in [0.2, 0.25) is 0 Å². The van der Waals surface area contributed by atoms with Crippen molar-refractivity contribution in [2.75, 3.05) is 11.9 Å². The summed E-state index contributed by atoms with van der Waals surface area (Å²) >= 11 is 0. The summed E-state index contributed by atoms with van der Waals surface area (Å²) in [6, 6.07) is 2.06. The molecule has 0 bridgehead atoms. The highest BCUT2D eigenvalue weighted by molar-refractivity contribution is 5.69. The zero-order chi connectivity index (χ0) is 13.2. The smallest absolute Gasteiger partial charge is 0.133 e. The predicted molar refractivity (Wildman–Crippen MR) is 71.0 cm³/mol. The van der Waals surface area contributed by atoms with Crippen molar-refractivity contribution in [1.29, 1.82) is 5.26 Å². The van der Waals surface area contributed by atoms with Crippen molar-refractivity contribution in [2.45, 2.75) is 12.8 Å². The van der Waals surface area contributed by atoms with Crippen molar-refractivity contribution in [3.8, 4) is 17.3 Å². The van der Waals surface area contributed by atoms with E-state index in [1.807, 2.05) is 6.20 Å². The molecule has 6 heteroatoms. The number of nitrogens with one attached hydrogen (secondary N) is 1. The van der Waals surface area contributed by atoms with Crippen LogP contribution >= 0.6 is 0 Å². The van der Waals surface area contributed by atoms with Gasteiger partial charge < -0.3 is 5.32 Å². The largest absolute Gasteiger partial charge is 0.369 e. The van der Waals surface area contributed by atoms with Gasteiger partial charge >= 0.3 is 0 Å². The third-order valence-electron chi connectivity index (χ3n) is 3.08. The van der Waals surface area contributed by atoms with Crippen LogP contribution < -0.4 is 5.32 Å². The molecule has 0 spiro atoms. The first-order valence-electron chi connectivity index (χ1n) is 5.97. The molecule has 0 unspecified atom stereocenters. The predicted octanol–water partition coefficient (Wildman–Crippen LogP) is 1.69. The number of rotatable bonds is 3. The normalized spacial score (nSPS) is 12.6. The molecule has 0 atom stereocenters. The lowest BCUT2D eigenvalue weighted by Crippen LogP contribution is -1.95. The van der Waals surface area contributed by atoms with Crippen LogP contribution in [-0.2, 0) is 6.42 Å². The zero-order valence-corrected chi connectivity index (χ0v) is 10.3. The second kappa shape index (κ2) is 4.53. The molecule has 0 amide bonds. The van der Waals surface area contributed by atoms with E-state index in [2.05, 4.69) is 33.0 Å². The highest BCUT2D eigenvalue weighted by atomic mass is 15.3. The lowest BCUT2D eigenvalue weighted by atomic mass is 10.1. The molecule has 0 fully saturated rings. The van der Waals surface area contributed by atoms with E-state index in [0.29, 0.717) is 5.70 Å². The molecular formula is C13H12N6. The van der Waals surface area contributed by atoms with Crippen LogP contribution in [0.1, 0.15) is 12.0 Å². The molecule has 0 radical (unpaired) electrons. The second-order valence-electron chi connectivity index (χ2n) is 4.30. The first-order valence-corrected chi connectivity index (χ1v) is 5.97. The lowest BCUT2D eigenvalue weighted by molar-refractivity contribution is 0.883. The van der Waals surface area contributed by atoms with E-state index < -0.39 is 0 Å². The van der Waals surface area contributed by atoms with Crippen molar-refractivity contribution >= 4 is 11.5 Å². The summed E-state index contributed by atoms with van der Waals surface area (Å²) in [5.74, 6) is 0.897. The fraction of sp³-hybridized carbons (Fsp3) is 0.231. The van der Waals surface area contributed by atoms with Crippen LogP contribution in [0.25, 0.3) is 17.0 Å². The Labute approximate surface area is 110 Å². The summed E-state index contributed by atoms with van der Waals surface area (Å²) in [5, 5.41) is 16.1. The number of nitrogens with zero attached hydrogens (tertiary/aromatic N) is 5. The standard InChI is InChI=1S/C13H12N6/c1-9(2-4-14)19-7-10(6-18-19)12-11-3-5-15-13(11)17-8-16-12/h6-8H,1-3,5H2,(H,15,16,17). The van der Waals surface area contributed by atoms with E-state index in [4.69, 9.17) is 5.26 Å². The lowest BCUT2D eigenvalue weighted by Gasteiger charge is -2.03. The van der Waals surface area contributed by atoms with Crippen LogP contribution in [0.3, 0.4) is 0 Å². The molecule has 94 valence electrons. The Hall–Kier alpha value is -2.68.